The fourth-order valence-electron chi connectivity index (χ4n) is 10.7. The van der Waals surface area contributed by atoms with Gasteiger partial charge in [-0.25, -0.2) is 33.7 Å². The third kappa shape index (κ3) is 16.5. The van der Waals surface area contributed by atoms with Crippen LogP contribution in [0.3, 0.4) is 0 Å². The first-order chi connectivity index (χ1) is 43.7. The number of alkyl halides is 3. The van der Waals surface area contributed by atoms with Crippen LogP contribution in [0.1, 0.15) is 146 Å². The summed E-state index contributed by atoms with van der Waals surface area (Å²) in [6.07, 6.45) is 10.9. The van der Waals surface area contributed by atoms with Crippen molar-refractivity contribution in [1.82, 2.24) is 58.6 Å². The number of aliphatic carboxylic acids is 3. The summed E-state index contributed by atoms with van der Waals surface area (Å²) in [6.45, 7) is 10.2. The van der Waals surface area contributed by atoms with E-state index in [2.05, 4.69) is 81.3 Å². The maximum absolute atomic E-state index is 13.8. The molecule has 91 heavy (non-hydrogen) atoms. The van der Waals surface area contributed by atoms with Gasteiger partial charge in [-0.2, -0.15) is 43.1 Å². The zero-order valence-corrected chi connectivity index (χ0v) is 51.6. The predicted molar refractivity (Wildman–Crippen MR) is 339 cm³/mol. The summed E-state index contributed by atoms with van der Waals surface area (Å²) in [5, 5.41) is 46.4. The lowest BCUT2D eigenvalue weighted by molar-refractivity contribution is -0.138. The molecule has 2 saturated carbocycles. The molecule has 24 nitrogen and oxygen atoms in total. The summed E-state index contributed by atoms with van der Waals surface area (Å²) in [6, 6.07) is 17.9. The molecular weight excluding hydrogens is 1200 g/mol. The van der Waals surface area contributed by atoms with E-state index in [0.717, 1.165) is 61.9 Å². The lowest BCUT2D eigenvalue weighted by Gasteiger charge is -2.16. The van der Waals surface area contributed by atoms with Crippen LogP contribution in [-0.4, -0.2) is 110 Å². The number of imidazole rings is 3. The number of nitrogens with zero attached hydrogens (tertiary/aromatic N) is 12. The fourth-order valence-corrected chi connectivity index (χ4v) is 10.9. The minimum absolute atomic E-state index is 0.0329. The van der Waals surface area contributed by atoms with Gasteiger partial charge in [-0.15, -0.1) is 0 Å². The molecule has 9 aromatic rings. The number of nitrogens with one attached hydrogen (secondary N) is 6. The maximum Gasteiger partial charge on any atom is 0.416 e. The fraction of sp³-hybridized carbons (Fsp3) is 0.419. The van der Waals surface area contributed by atoms with Crippen LogP contribution in [0.25, 0.3) is 33.5 Å². The van der Waals surface area contributed by atoms with Gasteiger partial charge in [-0.1, -0.05) is 107 Å². The second-order valence-electron chi connectivity index (χ2n) is 22.5. The third-order valence-electron chi connectivity index (χ3n) is 15.7. The summed E-state index contributed by atoms with van der Waals surface area (Å²) >= 11 is 5.76. The van der Waals surface area contributed by atoms with Gasteiger partial charge < -0.3 is 60.9 Å². The van der Waals surface area contributed by atoms with Gasteiger partial charge in [0.15, 0.2) is 50.9 Å². The van der Waals surface area contributed by atoms with Crippen LogP contribution >= 0.6 is 11.6 Å². The number of benzene rings is 3. The van der Waals surface area contributed by atoms with Gasteiger partial charge in [0, 0.05) is 37.8 Å². The van der Waals surface area contributed by atoms with Crippen LogP contribution in [0.5, 0.6) is 0 Å². The molecular formula is C62H73ClF4N18O6. The summed E-state index contributed by atoms with van der Waals surface area (Å²) < 4.78 is 58.7. The SMILES string of the molecule is CC[C@@H](Nc1nc(NCc2ccc(Cl)c(F)c2)c2ncn(C3CCCC3)c2n1)C(=O)O.CC[C@@H](Nc1nc(NCc2cccc(C(F)(F)F)c2)c2ncn(C(C)C)c2n1)C(=O)O.CC[C@@H](Nc1nc(NCc2ccccc2)c2ncn(C3CCCC3)c2n1)C(=O)O. The van der Waals surface area contributed by atoms with Crippen LogP contribution in [0.15, 0.2) is 91.8 Å². The number of hydrogen-bond donors (Lipinski definition) is 9. The van der Waals surface area contributed by atoms with Gasteiger partial charge in [0.25, 0.3) is 0 Å². The van der Waals surface area contributed by atoms with E-state index in [1.54, 1.807) is 43.2 Å². The van der Waals surface area contributed by atoms with Crippen molar-refractivity contribution in [3.8, 4) is 0 Å². The molecule has 0 amide bonds. The maximum atomic E-state index is 13.8. The molecule has 0 spiro atoms. The van der Waals surface area contributed by atoms with Crippen molar-refractivity contribution in [3.05, 3.63) is 125 Å². The topological polar surface area (TPSA) is 315 Å². The van der Waals surface area contributed by atoms with Crippen molar-refractivity contribution in [2.45, 2.75) is 167 Å². The first kappa shape index (κ1) is 66.0. The lowest BCUT2D eigenvalue weighted by atomic mass is 10.1. The van der Waals surface area contributed by atoms with Crippen LogP contribution in [0.2, 0.25) is 5.02 Å². The molecule has 2 aliphatic carbocycles. The molecule has 29 heteroatoms. The molecule has 3 aromatic carbocycles. The van der Waals surface area contributed by atoms with Gasteiger partial charge in [-0.3, -0.25) is 0 Å². The van der Waals surface area contributed by atoms with Gasteiger partial charge >= 0.3 is 24.1 Å². The molecule has 0 saturated heterocycles. The number of rotatable bonds is 24. The second-order valence-corrected chi connectivity index (χ2v) is 22.9. The van der Waals surface area contributed by atoms with Crippen LogP contribution in [0.4, 0.5) is 52.9 Å². The van der Waals surface area contributed by atoms with Gasteiger partial charge in [0.05, 0.1) is 29.6 Å². The van der Waals surface area contributed by atoms with Crippen molar-refractivity contribution >= 4 is 98.3 Å². The van der Waals surface area contributed by atoms with E-state index in [1.165, 1.54) is 31.0 Å². The molecule has 0 bridgehead atoms. The molecule has 6 aromatic heterocycles. The Morgan fingerprint density at radius 3 is 1.37 bits per heavy atom. The Labute approximate surface area is 526 Å². The zero-order valence-electron chi connectivity index (χ0n) is 50.8. The number of anilines is 6. The Morgan fingerprint density at radius 2 is 0.956 bits per heavy atom. The first-order valence-corrected chi connectivity index (χ1v) is 30.7. The number of fused-ring (bicyclic) bond motifs is 3. The number of halogens is 5. The monoisotopic (exact) mass is 1280 g/mol. The van der Waals surface area contributed by atoms with E-state index in [-0.39, 0.29) is 29.5 Å². The van der Waals surface area contributed by atoms with E-state index in [9.17, 15) is 47.3 Å². The standard InChI is InChI=1S/C21H24ClFN6O2.C21H26N6O2.C20H23F3N6O2/c1-2-16(20(30)31)26-21-27-18(24-10-12-7-8-14(22)15(23)9-12)17-19(28-21)29(11-25-17)13-5-3-4-6-13;1-2-16(20(28)29)24-21-25-18(22-12-14-8-4-3-5-9-14)17-19(26-21)27(13-23-17)15-10-6-7-11-15;1-4-14(18(30)31)26-19-27-16(15-17(28-19)29(10-25-15)11(2)3)24-9-12-6-5-7-13(8-12)20(21,22)23/h7-9,11,13,16H,2-6,10H2,1H3,(H,30,31)(H2,24,26,27,28);3-5,8-9,13,15-16H,2,6-7,10-12H2,1H3,(H,28,29)(H2,22,24,25,26);5-8,10-11,14H,4,9H2,1-3H3,(H,30,31)(H2,24,26,27,28)/t2*16-;14-/m111/s1. The molecule has 11 rings (SSSR count). The molecule has 482 valence electrons. The quantitative estimate of drug-likeness (QED) is 0.0254. The molecule has 2 aliphatic rings. The molecule has 6 heterocycles. The summed E-state index contributed by atoms with van der Waals surface area (Å²) in [5.41, 5.74) is 5.11. The van der Waals surface area contributed by atoms with Crippen molar-refractivity contribution in [2.24, 2.45) is 0 Å². The number of carbonyl (C=O) groups is 3. The minimum atomic E-state index is -4.43. The van der Waals surface area contributed by atoms with Gasteiger partial charge in [-0.05, 0) is 99.7 Å². The van der Waals surface area contributed by atoms with Gasteiger partial charge in [0.2, 0.25) is 17.8 Å². The Balaban J connectivity index is 0.000000162. The first-order valence-electron chi connectivity index (χ1n) is 30.3. The number of hydrogen-bond acceptors (Lipinski definition) is 18. The third-order valence-corrected chi connectivity index (χ3v) is 16.1. The largest absolute Gasteiger partial charge is 0.480 e. The molecule has 9 N–H and O–H groups in total. The van der Waals surface area contributed by atoms with Crippen molar-refractivity contribution in [3.63, 3.8) is 0 Å². The smallest absolute Gasteiger partial charge is 0.416 e. The van der Waals surface area contributed by atoms with E-state index >= 15 is 0 Å². The van der Waals surface area contributed by atoms with Crippen LogP contribution in [0, 0.1) is 5.82 Å². The van der Waals surface area contributed by atoms with E-state index < -0.39 is 53.6 Å². The molecule has 0 radical (unpaired) electrons. The van der Waals surface area contributed by atoms with Gasteiger partial charge in [0.1, 0.15) is 23.9 Å². The van der Waals surface area contributed by atoms with Crippen molar-refractivity contribution in [2.75, 3.05) is 31.9 Å². The Morgan fingerprint density at radius 1 is 0.549 bits per heavy atom. The Kier molecular flexibility index (Phi) is 21.7. The lowest BCUT2D eigenvalue weighted by Crippen LogP contribution is -2.29. The number of carboxylic acid groups (broad SMARTS) is 3. The molecule has 2 fully saturated rings. The number of carboxylic acids is 3. The van der Waals surface area contributed by atoms with E-state index in [1.807, 2.05) is 62.0 Å². The average Bonchev–Trinajstić information content (AvgIpc) is 1.73. The van der Waals surface area contributed by atoms with E-state index in [4.69, 9.17) is 11.6 Å². The molecule has 0 unspecified atom stereocenters. The highest BCUT2D eigenvalue weighted by Gasteiger charge is 2.31. The van der Waals surface area contributed by atoms with Crippen LogP contribution < -0.4 is 31.9 Å². The minimum Gasteiger partial charge on any atom is -0.480 e. The van der Waals surface area contributed by atoms with Crippen LogP contribution in [-0.2, 0) is 40.2 Å². The molecule has 3 atom stereocenters. The Hall–Kier alpha value is -9.47. The molecule has 0 aliphatic heterocycles. The average molecular weight is 1280 g/mol. The highest BCUT2D eigenvalue weighted by molar-refractivity contribution is 6.30. The van der Waals surface area contributed by atoms with Crippen molar-refractivity contribution in [1.29, 1.82) is 0 Å². The summed E-state index contributed by atoms with van der Waals surface area (Å²) in [7, 11) is 0. The normalized spacial score (nSPS) is 14.5. The zero-order chi connectivity index (χ0) is 64.9. The highest BCUT2D eigenvalue weighted by Crippen LogP contribution is 2.36. The predicted octanol–water partition coefficient (Wildman–Crippen LogP) is 12.8. The Bertz CT molecular complexity index is 3970. The summed E-state index contributed by atoms with van der Waals surface area (Å²) in [4.78, 5) is 74.8. The van der Waals surface area contributed by atoms with Crippen molar-refractivity contribution < 1.29 is 47.3 Å². The highest BCUT2D eigenvalue weighted by atomic mass is 35.5. The van der Waals surface area contributed by atoms with E-state index in [0.29, 0.717) is 107 Å². The second kappa shape index (κ2) is 29.9. The summed E-state index contributed by atoms with van der Waals surface area (Å²) in [5.74, 6) is -1.44. The number of aromatic nitrogens is 12.